The molecule has 0 fully saturated rings. The Morgan fingerprint density at radius 3 is 2.58 bits per heavy atom. The molecule has 8 heteroatoms. The summed E-state index contributed by atoms with van der Waals surface area (Å²) in [7, 11) is 0. The van der Waals surface area contributed by atoms with Crippen molar-refractivity contribution in [3.8, 4) is 17.1 Å². The van der Waals surface area contributed by atoms with E-state index >= 15 is 0 Å². The summed E-state index contributed by atoms with van der Waals surface area (Å²) in [5.74, 6) is 0.132. The largest absolute Gasteiger partial charge is 0.467 e. The number of halogens is 3. The first kappa shape index (κ1) is 13.1. The number of hydrogen-bond donors (Lipinski definition) is 1. The van der Waals surface area contributed by atoms with Crippen LogP contribution in [0.15, 0.2) is 30.7 Å². The summed E-state index contributed by atoms with van der Waals surface area (Å²) in [4.78, 5) is 11.5. The topological polar surface area (TPSA) is 73.9 Å². The first-order valence-electron chi connectivity index (χ1n) is 5.17. The minimum Gasteiger partial charge on any atom is -0.467 e. The zero-order valence-corrected chi connectivity index (χ0v) is 9.55. The standard InChI is InChI=1S/C11H9F3N4O/c12-11(13,14)6-19-10-5-16-4-8(18-10)7-1-2-9(15)17-3-7/h1-5H,6H2,(H2,15,17). The maximum atomic E-state index is 12.0. The third-order valence-electron chi connectivity index (χ3n) is 2.08. The Balaban J connectivity index is 2.17. The molecule has 0 bridgehead atoms. The van der Waals surface area contributed by atoms with Crippen LogP contribution in [-0.2, 0) is 0 Å². The lowest BCUT2D eigenvalue weighted by Crippen LogP contribution is -2.19. The van der Waals surface area contributed by atoms with Crippen LogP contribution in [-0.4, -0.2) is 27.7 Å². The predicted octanol–water partition coefficient (Wildman–Crippen LogP) is 2.06. The molecule has 19 heavy (non-hydrogen) atoms. The summed E-state index contributed by atoms with van der Waals surface area (Å²) in [6.45, 7) is -1.41. The minimum absolute atomic E-state index is 0.202. The lowest BCUT2D eigenvalue weighted by Gasteiger charge is -2.08. The Labute approximate surface area is 106 Å². The molecule has 0 aliphatic rings. The molecule has 0 aliphatic heterocycles. The highest BCUT2D eigenvalue weighted by atomic mass is 19.4. The second kappa shape index (κ2) is 5.09. The summed E-state index contributed by atoms with van der Waals surface area (Å²) in [6, 6.07) is 3.19. The zero-order chi connectivity index (χ0) is 13.9. The fourth-order valence-electron chi connectivity index (χ4n) is 1.27. The first-order valence-corrected chi connectivity index (χ1v) is 5.17. The van der Waals surface area contributed by atoms with Crippen molar-refractivity contribution in [3.05, 3.63) is 30.7 Å². The number of nitrogen functional groups attached to an aromatic ring is 1. The van der Waals surface area contributed by atoms with Crippen molar-refractivity contribution in [3.63, 3.8) is 0 Å². The summed E-state index contributed by atoms with van der Waals surface area (Å²) in [6.07, 6.45) is -0.457. The van der Waals surface area contributed by atoms with Crippen LogP contribution in [0, 0.1) is 0 Å². The maximum Gasteiger partial charge on any atom is 0.422 e. The molecule has 5 nitrogen and oxygen atoms in total. The van der Waals surface area contributed by atoms with Gasteiger partial charge in [0, 0.05) is 11.8 Å². The molecule has 0 radical (unpaired) electrons. The van der Waals surface area contributed by atoms with Gasteiger partial charge < -0.3 is 10.5 Å². The zero-order valence-electron chi connectivity index (χ0n) is 9.55. The molecule has 100 valence electrons. The molecule has 0 saturated heterocycles. The normalized spacial score (nSPS) is 11.3. The van der Waals surface area contributed by atoms with Gasteiger partial charge in [0.1, 0.15) is 5.82 Å². The van der Waals surface area contributed by atoms with Gasteiger partial charge in [0.2, 0.25) is 5.88 Å². The lowest BCUT2D eigenvalue weighted by atomic mass is 10.2. The number of rotatable bonds is 3. The van der Waals surface area contributed by atoms with Crippen molar-refractivity contribution < 1.29 is 17.9 Å². The van der Waals surface area contributed by atoms with Crippen molar-refractivity contribution in [2.75, 3.05) is 12.3 Å². The summed E-state index contributed by atoms with van der Waals surface area (Å²) >= 11 is 0. The van der Waals surface area contributed by atoms with Gasteiger partial charge in [0.25, 0.3) is 0 Å². The van der Waals surface area contributed by atoms with E-state index in [1.165, 1.54) is 12.4 Å². The van der Waals surface area contributed by atoms with E-state index in [1.54, 1.807) is 12.1 Å². The highest BCUT2D eigenvalue weighted by molar-refractivity contribution is 5.58. The minimum atomic E-state index is -4.42. The van der Waals surface area contributed by atoms with E-state index in [0.29, 0.717) is 17.1 Å². The fraction of sp³-hybridized carbons (Fsp3) is 0.182. The Morgan fingerprint density at radius 1 is 1.16 bits per heavy atom. The number of alkyl halides is 3. The number of hydrogen-bond acceptors (Lipinski definition) is 5. The van der Waals surface area contributed by atoms with Crippen LogP contribution in [0.5, 0.6) is 5.88 Å². The number of aromatic nitrogens is 3. The van der Waals surface area contributed by atoms with Gasteiger partial charge in [-0.15, -0.1) is 0 Å². The molecule has 2 aromatic heterocycles. The lowest BCUT2D eigenvalue weighted by molar-refractivity contribution is -0.154. The van der Waals surface area contributed by atoms with E-state index in [0.717, 1.165) is 6.20 Å². The van der Waals surface area contributed by atoms with Crippen molar-refractivity contribution in [2.24, 2.45) is 0 Å². The molecule has 2 heterocycles. The highest BCUT2D eigenvalue weighted by Gasteiger charge is 2.28. The third-order valence-corrected chi connectivity index (χ3v) is 2.08. The summed E-state index contributed by atoms with van der Waals surface area (Å²) in [5, 5.41) is 0. The van der Waals surface area contributed by atoms with E-state index in [-0.39, 0.29) is 5.88 Å². The Morgan fingerprint density at radius 2 is 1.95 bits per heavy atom. The molecule has 0 aromatic carbocycles. The molecule has 2 aromatic rings. The second-order valence-corrected chi connectivity index (χ2v) is 3.62. The van der Waals surface area contributed by atoms with E-state index in [2.05, 4.69) is 19.7 Å². The Hall–Kier alpha value is -2.38. The van der Waals surface area contributed by atoms with Gasteiger partial charge in [-0.25, -0.2) is 9.97 Å². The Bertz CT molecular complexity index is 557. The average molecular weight is 270 g/mol. The van der Waals surface area contributed by atoms with Crippen LogP contribution in [0.2, 0.25) is 0 Å². The molecule has 0 saturated carbocycles. The van der Waals surface area contributed by atoms with E-state index in [9.17, 15) is 13.2 Å². The highest BCUT2D eigenvalue weighted by Crippen LogP contribution is 2.20. The molecule has 0 atom stereocenters. The second-order valence-electron chi connectivity index (χ2n) is 3.62. The summed E-state index contributed by atoms with van der Waals surface area (Å²) in [5.41, 5.74) is 6.37. The van der Waals surface area contributed by atoms with Crippen LogP contribution in [0.3, 0.4) is 0 Å². The number of nitrogens with two attached hydrogens (primary N) is 1. The van der Waals surface area contributed by atoms with Crippen LogP contribution < -0.4 is 10.5 Å². The molecule has 0 amide bonds. The van der Waals surface area contributed by atoms with Gasteiger partial charge in [-0.3, -0.25) is 4.98 Å². The van der Waals surface area contributed by atoms with E-state index in [4.69, 9.17) is 5.73 Å². The predicted molar refractivity (Wildman–Crippen MR) is 61.2 cm³/mol. The van der Waals surface area contributed by atoms with Crippen molar-refractivity contribution in [2.45, 2.75) is 6.18 Å². The average Bonchev–Trinajstić information content (AvgIpc) is 2.37. The smallest absolute Gasteiger partial charge is 0.422 e. The molecular formula is C11H9F3N4O. The number of nitrogens with zero attached hydrogens (tertiary/aromatic N) is 3. The first-order chi connectivity index (χ1) is 8.94. The SMILES string of the molecule is Nc1ccc(-c2cncc(OCC(F)(F)F)n2)cn1. The molecular weight excluding hydrogens is 261 g/mol. The molecule has 0 aliphatic carbocycles. The van der Waals surface area contributed by atoms with Gasteiger partial charge in [-0.2, -0.15) is 13.2 Å². The van der Waals surface area contributed by atoms with Crippen LogP contribution in [0.25, 0.3) is 11.3 Å². The van der Waals surface area contributed by atoms with Gasteiger partial charge in [-0.1, -0.05) is 0 Å². The maximum absolute atomic E-state index is 12.0. The van der Waals surface area contributed by atoms with Gasteiger partial charge in [0.15, 0.2) is 6.61 Å². The third kappa shape index (κ3) is 3.80. The van der Waals surface area contributed by atoms with Crippen LogP contribution in [0.1, 0.15) is 0 Å². The number of anilines is 1. The fourth-order valence-corrected chi connectivity index (χ4v) is 1.27. The Kier molecular flexibility index (Phi) is 3.50. The molecule has 2 rings (SSSR count). The monoisotopic (exact) mass is 270 g/mol. The molecule has 0 unspecified atom stereocenters. The summed E-state index contributed by atoms with van der Waals surface area (Å²) < 4.78 is 40.5. The quantitative estimate of drug-likeness (QED) is 0.924. The van der Waals surface area contributed by atoms with Gasteiger partial charge >= 0.3 is 6.18 Å². The van der Waals surface area contributed by atoms with E-state index < -0.39 is 12.8 Å². The van der Waals surface area contributed by atoms with Gasteiger partial charge in [0.05, 0.1) is 18.1 Å². The van der Waals surface area contributed by atoms with Crippen molar-refractivity contribution in [1.29, 1.82) is 0 Å². The van der Waals surface area contributed by atoms with Crippen molar-refractivity contribution >= 4 is 5.82 Å². The number of ether oxygens (including phenoxy) is 1. The molecule has 0 spiro atoms. The number of pyridine rings is 1. The van der Waals surface area contributed by atoms with E-state index in [1.807, 2.05) is 0 Å². The molecule has 2 N–H and O–H groups in total. The van der Waals surface area contributed by atoms with Gasteiger partial charge in [-0.05, 0) is 12.1 Å². The van der Waals surface area contributed by atoms with Crippen LogP contribution in [0.4, 0.5) is 19.0 Å². The van der Waals surface area contributed by atoms with Crippen molar-refractivity contribution in [1.82, 2.24) is 15.0 Å². The van der Waals surface area contributed by atoms with Crippen LogP contribution >= 0.6 is 0 Å².